The molecule has 5 heteroatoms. The molecule has 0 radical (unpaired) electrons. The van der Waals surface area contributed by atoms with Crippen LogP contribution in [-0.4, -0.2) is 22.2 Å². The molecule has 1 heterocycles. The standard InChI is InChI=1S/C14H16BNO3/c1-10-8-13(6-7-14(10)15(17)18)19-9-12-5-3-4-11(2)16-12/h3-8,17-18H,9H2,1-2H3. The highest BCUT2D eigenvalue weighted by atomic mass is 16.5. The zero-order chi connectivity index (χ0) is 13.8. The molecule has 2 aromatic rings. The van der Waals surface area contributed by atoms with Gasteiger partial charge in [-0.25, -0.2) is 0 Å². The van der Waals surface area contributed by atoms with Crippen molar-refractivity contribution in [1.29, 1.82) is 0 Å². The van der Waals surface area contributed by atoms with Crippen LogP contribution in [0, 0.1) is 13.8 Å². The predicted octanol–water partition coefficient (Wildman–Crippen LogP) is 0.957. The van der Waals surface area contributed by atoms with Gasteiger partial charge in [-0.3, -0.25) is 4.98 Å². The summed E-state index contributed by atoms with van der Waals surface area (Å²) in [7, 11) is -1.45. The third kappa shape index (κ3) is 3.56. The van der Waals surface area contributed by atoms with Gasteiger partial charge in [-0.05, 0) is 49.1 Å². The molecule has 0 aliphatic rings. The molecule has 0 fully saturated rings. The van der Waals surface area contributed by atoms with E-state index in [1.54, 1.807) is 18.2 Å². The highest BCUT2D eigenvalue weighted by molar-refractivity contribution is 6.59. The Kier molecular flexibility index (Phi) is 4.19. The van der Waals surface area contributed by atoms with Crippen molar-refractivity contribution in [2.45, 2.75) is 20.5 Å². The van der Waals surface area contributed by atoms with Crippen LogP contribution in [0.15, 0.2) is 36.4 Å². The van der Waals surface area contributed by atoms with Gasteiger partial charge in [0, 0.05) is 5.69 Å². The molecule has 0 aliphatic carbocycles. The van der Waals surface area contributed by atoms with E-state index in [9.17, 15) is 0 Å². The number of hydrogen-bond donors (Lipinski definition) is 2. The number of ether oxygens (including phenoxy) is 1. The fraction of sp³-hybridized carbons (Fsp3) is 0.214. The summed E-state index contributed by atoms with van der Waals surface area (Å²) in [6.07, 6.45) is 0. The fourth-order valence-electron chi connectivity index (χ4n) is 1.86. The molecule has 19 heavy (non-hydrogen) atoms. The number of benzene rings is 1. The lowest BCUT2D eigenvalue weighted by atomic mass is 9.77. The van der Waals surface area contributed by atoms with Crippen molar-refractivity contribution in [1.82, 2.24) is 4.98 Å². The maximum Gasteiger partial charge on any atom is 0.488 e. The smallest absolute Gasteiger partial charge is 0.487 e. The van der Waals surface area contributed by atoms with E-state index in [1.165, 1.54) is 0 Å². The molecule has 1 aromatic heterocycles. The van der Waals surface area contributed by atoms with Gasteiger partial charge in [-0.15, -0.1) is 0 Å². The Morgan fingerprint density at radius 1 is 1.16 bits per heavy atom. The van der Waals surface area contributed by atoms with Crippen LogP contribution in [0.4, 0.5) is 0 Å². The molecule has 0 bridgehead atoms. The minimum atomic E-state index is -1.45. The van der Waals surface area contributed by atoms with Gasteiger partial charge in [0.15, 0.2) is 0 Å². The summed E-state index contributed by atoms with van der Waals surface area (Å²) in [6, 6.07) is 10.9. The molecule has 0 atom stereocenters. The van der Waals surface area contributed by atoms with E-state index >= 15 is 0 Å². The van der Waals surface area contributed by atoms with Gasteiger partial charge in [0.1, 0.15) is 12.4 Å². The summed E-state index contributed by atoms with van der Waals surface area (Å²) in [5, 5.41) is 18.3. The van der Waals surface area contributed by atoms with Gasteiger partial charge in [0.05, 0.1) is 5.69 Å². The van der Waals surface area contributed by atoms with Crippen molar-refractivity contribution in [2.24, 2.45) is 0 Å². The van der Waals surface area contributed by atoms with E-state index in [0.29, 0.717) is 17.8 Å². The van der Waals surface area contributed by atoms with Crippen molar-refractivity contribution in [3.8, 4) is 5.75 Å². The Hall–Kier alpha value is -1.85. The Labute approximate surface area is 112 Å². The van der Waals surface area contributed by atoms with Crippen molar-refractivity contribution >= 4 is 12.6 Å². The Balaban J connectivity index is 2.06. The summed E-state index contributed by atoms with van der Waals surface area (Å²) in [6.45, 7) is 4.14. The number of aromatic nitrogens is 1. The molecule has 0 saturated carbocycles. The van der Waals surface area contributed by atoms with Crippen LogP contribution in [0.2, 0.25) is 0 Å². The second-order valence-electron chi connectivity index (χ2n) is 4.45. The average Bonchev–Trinajstić information content (AvgIpc) is 2.36. The van der Waals surface area contributed by atoms with Crippen molar-refractivity contribution in [3.05, 3.63) is 53.3 Å². The molecular formula is C14H16BNO3. The van der Waals surface area contributed by atoms with Gasteiger partial charge < -0.3 is 14.8 Å². The first-order valence-electron chi connectivity index (χ1n) is 6.08. The second kappa shape index (κ2) is 5.86. The Morgan fingerprint density at radius 2 is 1.95 bits per heavy atom. The monoisotopic (exact) mass is 257 g/mol. The van der Waals surface area contributed by atoms with Gasteiger partial charge >= 0.3 is 7.12 Å². The maximum absolute atomic E-state index is 9.14. The third-order valence-electron chi connectivity index (χ3n) is 2.85. The van der Waals surface area contributed by atoms with E-state index < -0.39 is 7.12 Å². The fourth-order valence-corrected chi connectivity index (χ4v) is 1.86. The van der Waals surface area contributed by atoms with Crippen molar-refractivity contribution in [3.63, 3.8) is 0 Å². The lowest BCUT2D eigenvalue weighted by molar-refractivity contribution is 0.301. The highest BCUT2D eigenvalue weighted by Crippen LogP contribution is 2.13. The molecule has 2 N–H and O–H groups in total. The van der Waals surface area contributed by atoms with E-state index in [4.69, 9.17) is 14.8 Å². The number of nitrogens with zero attached hydrogens (tertiary/aromatic N) is 1. The molecule has 4 nitrogen and oxygen atoms in total. The van der Waals surface area contributed by atoms with Crippen LogP contribution in [-0.2, 0) is 6.61 Å². The van der Waals surface area contributed by atoms with E-state index in [1.807, 2.05) is 32.0 Å². The zero-order valence-electron chi connectivity index (χ0n) is 11.0. The first kappa shape index (κ1) is 13.6. The number of rotatable bonds is 4. The number of hydrogen-bond acceptors (Lipinski definition) is 4. The van der Waals surface area contributed by atoms with Crippen molar-refractivity contribution < 1.29 is 14.8 Å². The Bertz CT molecular complexity index is 572. The first-order valence-corrected chi connectivity index (χ1v) is 6.08. The molecular weight excluding hydrogens is 241 g/mol. The third-order valence-corrected chi connectivity index (χ3v) is 2.85. The number of pyridine rings is 1. The van der Waals surface area contributed by atoms with Crippen LogP contribution >= 0.6 is 0 Å². The highest BCUT2D eigenvalue weighted by Gasteiger charge is 2.13. The summed E-state index contributed by atoms with van der Waals surface area (Å²) >= 11 is 0. The van der Waals surface area contributed by atoms with E-state index in [-0.39, 0.29) is 0 Å². The zero-order valence-corrected chi connectivity index (χ0v) is 11.0. The molecule has 1 aromatic carbocycles. The summed E-state index contributed by atoms with van der Waals surface area (Å²) < 4.78 is 5.64. The topological polar surface area (TPSA) is 62.6 Å². The SMILES string of the molecule is Cc1cccc(COc2ccc(B(O)O)c(C)c2)n1. The minimum absolute atomic E-state index is 0.391. The number of aryl methyl sites for hydroxylation is 2. The average molecular weight is 257 g/mol. The van der Waals surface area contributed by atoms with Gasteiger partial charge in [-0.1, -0.05) is 12.1 Å². The van der Waals surface area contributed by atoms with Gasteiger partial charge in [0.2, 0.25) is 0 Å². The van der Waals surface area contributed by atoms with Crippen LogP contribution in [0.3, 0.4) is 0 Å². The van der Waals surface area contributed by atoms with Crippen molar-refractivity contribution in [2.75, 3.05) is 0 Å². The molecule has 2 rings (SSSR count). The second-order valence-corrected chi connectivity index (χ2v) is 4.45. The molecule has 0 amide bonds. The molecule has 98 valence electrons. The molecule has 0 saturated heterocycles. The van der Waals surface area contributed by atoms with Crippen LogP contribution in [0.1, 0.15) is 17.0 Å². The van der Waals surface area contributed by atoms with E-state index in [2.05, 4.69) is 4.98 Å². The minimum Gasteiger partial charge on any atom is -0.487 e. The maximum atomic E-state index is 9.14. The predicted molar refractivity (Wildman–Crippen MR) is 74.3 cm³/mol. The lowest BCUT2D eigenvalue weighted by Gasteiger charge is -2.09. The Morgan fingerprint density at radius 3 is 2.58 bits per heavy atom. The largest absolute Gasteiger partial charge is 0.488 e. The van der Waals surface area contributed by atoms with E-state index in [0.717, 1.165) is 17.0 Å². The molecule has 0 spiro atoms. The van der Waals surface area contributed by atoms with Crippen LogP contribution in [0.5, 0.6) is 5.75 Å². The van der Waals surface area contributed by atoms with Crippen LogP contribution in [0.25, 0.3) is 0 Å². The summed E-state index contributed by atoms with van der Waals surface area (Å²) in [5.41, 5.74) is 3.09. The normalized spacial score (nSPS) is 10.3. The van der Waals surface area contributed by atoms with Gasteiger partial charge in [0.25, 0.3) is 0 Å². The lowest BCUT2D eigenvalue weighted by Crippen LogP contribution is -2.31. The van der Waals surface area contributed by atoms with Gasteiger partial charge in [-0.2, -0.15) is 0 Å². The molecule has 0 unspecified atom stereocenters. The first-order chi connectivity index (χ1) is 9.06. The molecule has 0 aliphatic heterocycles. The van der Waals surface area contributed by atoms with Crippen LogP contribution < -0.4 is 10.2 Å². The quantitative estimate of drug-likeness (QED) is 0.801. The summed E-state index contributed by atoms with van der Waals surface area (Å²) in [4.78, 5) is 4.35. The summed E-state index contributed by atoms with van der Waals surface area (Å²) in [5.74, 6) is 0.685.